The normalized spacial score (nSPS) is 15.3. The molecular formula is C16H11ClN2O4. The minimum atomic E-state index is -0.524. The fraction of sp³-hybridized carbons (Fsp3) is 0.188. The summed E-state index contributed by atoms with van der Waals surface area (Å²) in [7, 11) is 0. The van der Waals surface area contributed by atoms with Gasteiger partial charge >= 0.3 is 0 Å². The predicted octanol–water partition coefficient (Wildman–Crippen LogP) is 3.95. The zero-order valence-corrected chi connectivity index (χ0v) is 12.7. The number of nitrogens with zero attached hydrogens (tertiary/aromatic N) is 2. The molecule has 2 heterocycles. The standard InChI is InChI=1S/C16H11ClN2O4/c17-12-4-6-14-15-10(12)2-1-7-18(15)16(20)11-8-9(19(21)22)3-5-13(11)23-14/h3-6,8H,1-2,7H2. The van der Waals surface area contributed by atoms with Gasteiger partial charge in [-0.25, -0.2) is 0 Å². The minimum Gasteiger partial charge on any atom is -0.454 e. The SMILES string of the molecule is O=C1c2cc([N+](=O)[O-])ccc2Oc2ccc(Cl)c3c2N1CCC3. The minimum absolute atomic E-state index is 0.137. The average Bonchev–Trinajstić information content (AvgIpc) is 2.67. The van der Waals surface area contributed by atoms with Gasteiger partial charge in [-0.05, 0) is 36.6 Å². The monoisotopic (exact) mass is 330 g/mol. The molecular weight excluding hydrogens is 320 g/mol. The molecule has 2 aromatic rings. The van der Waals surface area contributed by atoms with Crippen molar-refractivity contribution in [2.45, 2.75) is 12.8 Å². The highest BCUT2D eigenvalue weighted by Crippen LogP contribution is 2.46. The molecule has 23 heavy (non-hydrogen) atoms. The number of carbonyl (C=O) groups excluding carboxylic acids is 1. The first-order chi connectivity index (χ1) is 11.1. The Morgan fingerprint density at radius 3 is 2.78 bits per heavy atom. The first kappa shape index (κ1) is 14.0. The highest BCUT2D eigenvalue weighted by Gasteiger charge is 2.34. The van der Waals surface area contributed by atoms with Crippen molar-refractivity contribution < 1.29 is 14.5 Å². The Labute approximate surface area is 136 Å². The molecule has 0 aliphatic carbocycles. The van der Waals surface area contributed by atoms with Crippen LogP contribution in [0.15, 0.2) is 30.3 Å². The van der Waals surface area contributed by atoms with Gasteiger partial charge in [-0.15, -0.1) is 0 Å². The Bertz CT molecular complexity index is 865. The predicted molar refractivity (Wildman–Crippen MR) is 84.6 cm³/mol. The molecule has 0 fully saturated rings. The maximum Gasteiger partial charge on any atom is 0.270 e. The van der Waals surface area contributed by atoms with E-state index in [1.807, 2.05) is 0 Å². The van der Waals surface area contributed by atoms with Crippen molar-refractivity contribution in [1.82, 2.24) is 0 Å². The van der Waals surface area contributed by atoms with Gasteiger partial charge in [0.25, 0.3) is 11.6 Å². The molecule has 2 aliphatic heterocycles. The van der Waals surface area contributed by atoms with Crippen LogP contribution in [0.1, 0.15) is 22.3 Å². The summed E-state index contributed by atoms with van der Waals surface area (Å²) in [5.74, 6) is 0.565. The van der Waals surface area contributed by atoms with Gasteiger partial charge in [-0.1, -0.05) is 11.6 Å². The number of non-ortho nitro benzene ring substituents is 1. The van der Waals surface area contributed by atoms with Crippen LogP contribution in [0.2, 0.25) is 5.02 Å². The molecule has 0 bridgehead atoms. The summed E-state index contributed by atoms with van der Waals surface area (Å²) in [4.78, 5) is 24.9. The zero-order valence-electron chi connectivity index (χ0n) is 11.9. The van der Waals surface area contributed by atoms with Crippen LogP contribution in [-0.2, 0) is 6.42 Å². The van der Waals surface area contributed by atoms with E-state index in [1.54, 1.807) is 17.0 Å². The van der Waals surface area contributed by atoms with Crippen LogP contribution in [0, 0.1) is 10.1 Å². The molecule has 6 nitrogen and oxygen atoms in total. The first-order valence-electron chi connectivity index (χ1n) is 7.16. The van der Waals surface area contributed by atoms with E-state index in [4.69, 9.17) is 16.3 Å². The van der Waals surface area contributed by atoms with Crippen molar-refractivity contribution in [1.29, 1.82) is 0 Å². The highest BCUT2D eigenvalue weighted by molar-refractivity contribution is 6.32. The number of fused-ring (bicyclic) bond motifs is 1. The topological polar surface area (TPSA) is 72.7 Å². The molecule has 116 valence electrons. The first-order valence-corrected chi connectivity index (χ1v) is 7.53. The molecule has 4 rings (SSSR count). The van der Waals surface area contributed by atoms with Crippen molar-refractivity contribution in [2.24, 2.45) is 0 Å². The number of nitro benzene ring substituents is 1. The van der Waals surface area contributed by atoms with Crippen LogP contribution in [0.25, 0.3) is 0 Å². The molecule has 1 amide bonds. The van der Waals surface area contributed by atoms with E-state index in [0.29, 0.717) is 28.8 Å². The number of benzene rings is 2. The van der Waals surface area contributed by atoms with E-state index in [9.17, 15) is 14.9 Å². The van der Waals surface area contributed by atoms with Crippen molar-refractivity contribution >= 4 is 28.9 Å². The Balaban J connectivity index is 1.95. The van der Waals surface area contributed by atoms with E-state index in [1.165, 1.54) is 18.2 Å². The molecule has 2 aromatic carbocycles. The second kappa shape index (κ2) is 4.96. The molecule has 0 saturated carbocycles. The Kier molecular flexibility index (Phi) is 3.02. The smallest absolute Gasteiger partial charge is 0.270 e. The summed E-state index contributed by atoms with van der Waals surface area (Å²) in [5, 5.41) is 11.6. The highest BCUT2D eigenvalue weighted by atomic mass is 35.5. The number of halogens is 1. The fourth-order valence-corrected chi connectivity index (χ4v) is 3.33. The lowest BCUT2D eigenvalue weighted by Crippen LogP contribution is -2.34. The molecule has 7 heteroatoms. The molecule has 0 atom stereocenters. The lowest BCUT2D eigenvalue weighted by Gasteiger charge is -2.29. The maximum absolute atomic E-state index is 12.9. The molecule has 0 N–H and O–H groups in total. The number of nitro groups is 1. The van der Waals surface area contributed by atoms with Gasteiger partial charge in [-0.3, -0.25) is 14.9 Å². The van der Waals surface area contributed by atoms with Gasteiger partial charge in [0.2, 0.25) is 0 Å². The van der Waals surface area contributed by atoms with Crippen LogP contribution >= 0.6 is 11.6 Å². The number of ether oxygens (including phenoxy) is 1. The number of anilines is 1. The number of hydrogen-bond acceptors (Lipinski definition) is 4. The second-order valence-corrected chi connectivity index (χ2v) is 5.88. The van der Waals surface area contributed by atoms with Crippen LogP contribution < -0.4 is 9.64 Å². The molecule has 0 aromatic heterocycles. The van der Waals surface area contributed by atoms with E-state index < -0.39 is 4.92 Å². The summed E-state index contributed by atoms with van der Waals surface area (Å²) in [6, 6.07) is 7.53. The van der Waals surface area contributed by atoms with E-state index in [2.05, 4.69) is 0 Å². The number of hydrogen-bond donors (Lipinski definition) is 0. The quantitative estimate of drug-likeness (QED) is 0.586. The maximum atomic E-state index is 12.9. The van der Waals surface area contributed by atoms with Crippen molar-refractivity contribution in [3.05, 3.63) is 56.6 Å². The summed E-state index contributed by atoms with van der Waals surface area (Å²) in [5.41, 5.74) is 1.61. The fourth-order valence-electron chi connectivity index (χ4n) is 3.09. The van der Waals surface area contributed by atoms with Crippen molar-refractivity contribution in [3.63, 3.8) is 0 Å². The Morgan fingerprint density at radius 1 is 1.22 bits per heavy atom. The number of amides is 1. The Hall–Kier alpha value is -2.60. The summed E-state index contributed by atoms with van der Waals surface area (Å²) < 4.78 is 5.87. The van der Waals surface area contributed by atoms with E-state index >= 15 is 0 Å². The van der Waals surface area contributed by atoms with E-state index in [0.717, 1.165) is 18.4 Å². The van der Waals surface area contributed by atoms with Crippen LogP contribution in [-0.4, -0.2) is 17.4 Å². The van der Waals surface area contributed by atoms with Crippen LogP contribution in [0.3, 0.4) is 0 Å². The number of carbonyl (C=O) groups is 1. The summed E-state index contributed by atoms with van der Waals surface area (Å²) in [6.45, 7) is 0.532. The molecule has 0 spiro atoms. The van der Waals surface area contributed by atoms with Gasteiger partial charge in [0.1, 0.15) is 5.75 Å². The molecule has 0 saturated heterocycles. The third-order valence-electron chi connectivity index (χ3n) is 4.14. The zero-order chi connectivity index (χ0) is 16.1. The largest absolute Gasteiger partial charge is 0.454 e. The third-order valence-corrected chi connectivity index (χ3v) is 4.49. The summed E-state index contributed by atoms with van der Waals surface area (Å²) in [6.07, 6.45) is 1.55. The van der Waals surface area contributed by atoms with Gasteiger partial charge in [0.15, 0.2) is 5.75 Å². The van der Waals surface area contributed by atoms with Crippen LogP contribution in [0.5, 0.6) is 11.5 Å². The third kappa shape index (κ3) is 2.06. The lowest BCUT2D eigenvalue weighted by molar-refractivity contribution is -0.384. The number of rotatable bonds is 1. The van der Waals surface area contributed by atoms with Gasteiger partial charge in [-0.2, -0.15) is 0 Å². The lowest BCUT2D eigenvalue weighted by atomic mass is 10.0. The Morgan fingerprint density at radius 2 is 2.00 bits per heavy atom. The molecule has 2 aliphatic rings. The van der Waals surface area contributed by atoms with E-state index in [-0.39, 0.29) is 17.2 Å². The van der Waals surface area contributed by atoms with Crippen LogP contribution in [0.4, 0.5) is 11.4 Å². The van der Waals surface area contributed by atoms with Crippen molar-refractivity contribution in [2.75, 3.05) is 11.4 Å². The van der Waals surface area contributed by atoms with Gasteiger partial charge in [0, 0.05) is 23.7 Å². The van der Waals surface area contributed by atoms with Gasteiger partial charge in [0.05, 0.1) is 16.2 Å². The van der Waals surface area contributed by atoms with Gasteiger partial charge < -0.3 is 9.64 Å². The molecule has 0 unspecified atom stereocenters. The summed E-state index contributed by atoms with van der Waals surface area (Å²) >= 11 is 6.26. The molecule has 0 radical (unpaired) electrons. The average molecular weight is 331 g/mol. The van der Waals surface area contributed by atoms with Crippen molar-refractivity contribution in [3.8, 4) is 11.5 Å². The second-order valence-electron chi connectivity index (χ2n) is 5.47.